The molecule has 0 saturated carbocycles. The number of aromatic nitrogens is 1. The van der Waals surface area contributed by atoms with Gasteiger partial charge in [-0.1, -0.05) is 40.9 Å². The summed E-state index contributed by atoms with van der Waals surface area (Å²) in [6, 6.07) is 20.9. The number of nitriles is 1. The van der Waals surface area contributed by atoms with E-state index in [4.69, 9.17) is 32.7 Å². The van der Waals surface area contributed by atoms with Crippen LogP contribution in [0.2, 0.25) is 10.0 Å². The van der Waals surface area contributed by atoms with Gasteiger partial charge in [-0.15, -0.1) is 0 Å². The molecule has 0 radical (unpaired) electrons. The normalized spacial score (nSPS) is 12.4. The highest BCUT2D eigenvalue weighted by Crippen LogP contribution is 2.32. The molecule has 9 heteroatoms. The van der Waals surface area contributed by atoms with Crippen molar-refractivity contribution in [2.75, 3.05) is 11.9 Å². The average Bonchev–Trinajstić information content (AvgIpc) is 3.28. The minimum Gasteiger partial charge on any atom is -0.483 e. The zero-order valence-electron chi connectivity index (χ0n) is 20.3. The molecule has 3 aromatic carbocycles. The van der Waals surface area contributed by atoms with Gasteiger partial charge in [-0.3, -0.25) is 9.59 Å². The molecule has 0 aliphatic heterocycles. The van der Waals surface area contributed by atoms with Crippen LogP contribution in [0.15, 0.2) is 66.7 Å². The van der Waals surface area contributed by atoms with Crippen LogP contribution >= 0.6 is 23.2 Å². The Bertz CT molecular complexity index is 1490. The molecular weight excluding hydrogens is 513 g/mol. The fourth-order valence-corrected chi connectivity index (χ4v) is 4.29. The van der Waals surface area contributed by atoms with Crippen molar-refractivity contribution in [3.8, 4) is 23.4 Å². The molecule has 4 aromatic rings. The molecule has 0 bridgehead atoms. The number of nitrogens with zero attached hydrogens (tertiary/aromatic N) is 2. The smallest absolute Gasteiger partial charge is 0.251 e. The van der Waals surface area contributed by atoms with E-state index in [0.29, 0.717) is 38.6 Å². The van der Waals surface area contributed by atoms with Crippen molar-refractivity contribution in [1.29, 1.82) is 5.26 Å². The first-order valence-electron chi connectivity index (χ1n) is 11.4. The molecule has 0 saturated heterocycles. The highest BCUT2D eigenvalue weighted by atomic mass is 35.5. The van der Waals surface area contributed by atoms with E-state index >= 15 is 0 Å². The number of aromatic amines is 1. The summed E-state index contributed by atoms with van der Waals surface area (Å²) < 4.78 is 11.6. The molecule has 37 heavy (non-hydrogen) atoms. The molecule has 1 heterocycles. The Balaban J connectivity index is 1.40. The maximum Gasteiger partial charge on any atom is 0.251 e. The number of anilines is 1. The molecule has 1 unspecified atom stereocenters. The lowest BCUT2D eigenvalue weighted by Crippen LogP contribution is -2.41. The number of fused-ring (bicyclic) bond motifs is 1. The van der Waals surface area contributed by atoms with Crippen LogP contribution in [0.4, 0.5) is 5.69 Å². The largest absolute Gasteiger partial charge is 0.483 e. The van der Waals surface area contributed by atoms with Crippen molar-refractivity contribution in [3.63, 3.8) is 0 Å². The minimum atomic E-state index is -1.49. The van der Waals surface area contributed by atoms with Gasteiger partial charge in [0, 0.05) is 29.2 Å². The van der Waals surface area contributed by atoms with Crippen LogP contribution in [0.25, 0.3) is 10.9 Å². The third kappa shape index (κ3) is 5.88. The van der Waals surface area contributed by atoms with Gasteiger partial charge in [0.15, 0.2) is 23.7 Å². The first-order chi connectivity index (χ1) is 17.7. The molecule has 7 nitrogen and oxygen atoms in total. The lowest BCUT2D eigenvalue weighted by molar-refractivity contribution is -0.134. The number of amides is 1. The number of halogens is 2. The second kappa shape index (κ2) is 11.0. The molecule has 0 aliphatic carbocycles. The Labute approximate surface area is 224 Å². The molecule has 1 amide bonds. The molecule has 1 aromatic heterocycles. The third-order valence-electron chi connectivity index (χ3n) is 5.80. The van der Waals surface area contributed by atoms with Crippen LogP contribution in [0, 0.1) is 24.2 Å². The lowest BCUT2D eigenvalue weighted by atomic mass is 10.00. The summed E-state index contributed by atoms with van der Waals surface area (Å²) in [6.07, 6.45) is -1.02. The summed E-state index contributed by atoms with van der Waals surface area (Å²) in [5.41, 5.74) is 2.34. The number of benzene rings is 3. The predicted octanol–water partition coefficient (Wildman–Crippen LogP) is 6.71. The van der Waals surface area contributed by atoms with Gasteiger partial charge in [-0.25, -0.2) is 0 Å². The number of rotatable bonds is 8. The van der Waals surface area contributed by atoms with E-state index in [1.165, 1.54) is 18.9 Å². The van der Waals surface area contributed by atoms with E-state index in [1.54, 1.807) is 54.6 Å². The van der Waals surface area contributed by atoms with Gasteiger partial charge in [0.1, 0.15) is 11.5 Å². The Morgan fingerprint density at radius 3 is 2.30 bits per heavy atom. The fourth-order valence-electron chi connectivity index (χ4n) is 3.73. The quantitative estimate of drug-likeness (QED) is 0.253. The zero-order chi connectivity index (χ0) is 26.7. The van der Waals surface area contributed by atoms with Crippen LogP contribution in [-0.4, -0.2) is 29.8 Å². The number of Topliss-reactive ketones (excluding diaryl/α,β-unsaturated/α-hetero) is 1. The van der Waals surface area contributed by atoms with E-state index < -0.39 is 23.7 Å². The molecule has 188 valence electrons. The number of ketones is 1. The van der Waals surface area contributed by atoms with Gasteiger partial charge in [-0.2, -0.15) is 5.26 Å². The van der Waals surface area contributed by atoms with Crippen molar-refractivity contribution < 1.29 is 19.1 Å². The molecule has 4 rings (SSSR count). The number of hydrogen-bond acceptors (Lipinski definition) is 5. The predicted molar refractivity (Wildman–Crippen MR) is 144 cm³/mol. The van der Waals surface area contributed by atoms with Crippen LogP contribution in [0.3, 0.4) is 0 Å². The number of aryl methyl sites for hydroxylation is 1. The highest BCUT2D eigenvalue weighted by Gasteiger charge is 2.34. The zero-order valence-corrected chi connectivity index (χ0v) is 21.8. The number of H-pyrrole nitrogens is 1. The number of hydrogen-bond donors (Lipinski definition) is 1. The standard InChI is InChI=1S/C28H23Cl2N3O4/c1-16-4-6-20(7-5-16)33(3)28(35)23(15-31)27(34)17(2)36-21-8-10-22(11-9-21)37-25-13-18-12-19(29)14-24(30)26(18)32-25/h4-14,17,23,32H,1-3H3/t17?,23-/m1/s1. The van der Waals surface area contributed by atoms with Crippen molar-refractivity contribution in [2.45, 2.75) is 20.0 Å². The monoisotopic (exact) mass is 535 g/mol. The number of nitrogens with one attached hydrogen (secondary N) is 1. The lowest BCUT2D eigenvalue weighted by Gasteiger charge is -2.22. The first kappa shape index (κ1) is 26.1. The minimum absolute atomic E-state index is 0.385. The molecular formula is C28H23Cl2N3O4. The van der Waals surface area contributed by atoms with Crippen LogP contribution in [-0.2, 0) is 9.59 Å². The summed E-state index contributed by atoms with van der Waals surface area (Å²) in [5, 5.41) is 11.4. The molecule has 0 fully saturated rings. The number of carbonyl (C=O) groups is 2. The summed E-state index contributed by atoms with van der Waals surface area (Å²) in [5.74, 6) is -1.35. The molecule has 0 spiro atoms. The fraction of sp³-hybridized carbons (Fsp3) is 0.179. The second-order valence-corrected chi connectivity index (χ2v) is 9.36. The van der Waals surface area contributed by atoms with Crippen molar-refractivity contribution >= 4 is 51.5 Å². The van der Waals surface area contributed by atoms with Crippen molar-refractivity contribution in [1.82, 2.24) is 4.98 Å². The highest BCUT2D eigenvalue weighted by molar-refractivity contribution is 6.38. The van der Waals surface area contributed by atoms with Gasteiger partial charge in [0.25, 0.3) is 5.91 Å². The van der Waals surface area contributed by atoms with Gasteiger partial charge in [0.05, 0.1) is 16.6 Å². The second-order valence-electron chi connectivity index (χ2n) is 8.52. The Kier molecular flexibility index (Phi) is 7.72. The van der Waals surface area contributed by atoms with Crippen molar-refractivity contribution in [3.05, 3.63) is 82.3 Å². The van der Waals surface area contributed by atoms with E-state index in [9.17, 15) is 14.9 Å². The maximum absolute atomic E-state index is 12.9. The van der Waals surface area contributed by atoms with Crippen LogP contribution in [0.1, 0.15) is 12.5 Å². The summed E-state index contributed by atoms with van der Waals surface area (Å²) in [6.45, 7) is 3.44. The van der Waals surface area contributed by atoms with Crippen LogP contribution in [0.5, 0.6) is 17.4 Å². The van der Waals surface area contributed by atoms with E-state index in [-0.39, 0.29) is 0 Å². The third-order valence-corrected chi connectivity index (χ3v) is 6.31. The first-order valence-corrected chi connectivity index (χ1v) is 12.1. The maximum atomic E-state index is 12.9. The van der Waals surface area contributed by atoms with E-state index in [2.05, 4.69) is 4.98 Å². The van der Waals surface area contributed by atoms with Gasteiger partial charge in [0.2, 0.25) is 0 Å². The van der Waals surface area contributed by atoms with Gasteiger partial charge < -0.3 is 19.4 Å². The Morgan fingerprint density at radius 1 is 1.00 bits per heavy atom. The van der Waals surface area contributed by atoms with E-state index in [0.717, 1.165) is 10.9 Å². The average molecular weight is 536 g/mol. The Morgan fingerprint density at radius 2 is 1.65 bits per heavy atom. The molecule has 1 N–H and O–H groups in total. The SMILES string of the molecule is Cc1ccc(N(C)C(=O)[C@H](C#N)C(=O)C(C)Oc2ccc(Oc3cc4cc(Cl)cc(Cl)c4[nH]3)cc2)cc1. The Hall–Kier alpha value is -3.99. The van der Waals surface area contributed by atoms with Gasteiger partial charge in [-0.05, 0) is 62.4 Å². The summed E-state index contributed by atoms with van der Waals surface area (Å²) >= 11 is 12.3. The van der Waals surface area contributed by atoms with Crippen LogP contribution < -0.4 is 14.4 Å². The molecule has 2 atom stereocenters. The van der Waals surface area contributed by atoms with Crippen molar-refractivity contribution in [2.24, 2.45) is 5.92 Å². The summed E-state index contributed by atoms with van der Waals surface area (Å²) in [7, 11) is 1.53. The number of ether oxygens (including phenoxy) is 2. The number of carbonyl (C=O) groups excluding carboxylic acids is 2. The summed E-state index contributed by atoms with van der Waals surface area (Å²) in [4.78, 5) is 30.2. The molecule has 0 aliphatic rings. The topological polar surface area (TPSA) is 95.4 Å². The van der Waals surface area contributed by atoms with E-state index in [1.807, 2.05) is 25.1 Å². The van der Waals surface area contributed by atoms with Gasteiger partial charge >= 0.3 is 0 Å².